The SMILES string of the molecule is OC(CNc1ccc(I)cc1Cl)c1ccc(F)cc1. The Morgan fingerprint density at radius 3 is 2.53 bits per heavy atom. The minimum atomic E-state index is -0.712. The summed E-state index contributed by atoms with van der Waals surface area (Å²) < 4.78 is 13.8. The third-order valence-electron chi connectivity index (χ3n) is 2.67. The number of anilines is 1. The summed E-state index contributed by atoms with van der Waals surface area (Å²) in [6.07, 6.45) is -0.712. The lowest BCUT2D eigenvalue weighted by atomic mass is 10.1. The highest BCUT2D eigenvalue weighted by molar-refractivity contribution is 14.1. The molecule has 0 heterocycles. The van der Waals surface area contributed by atoms with Gasteiger partial charge in [-0.05, 0) is 58.5 Å². The minimum absolute atomic E-state index is 0.311. The lowest BCUT2D eigenvalue weighted by molar-refractivity contribution is 0.191. The van der Waals surface area contributed by atoms with Crippen molar-refractivity contribution >= 4 is 39.9 Å². The fourth-order valence-electron chi connectivity index (χ4n) is 1.64. The van der Waals surface area contributed by atoms with E-state index in [1.807, 2.05) is 18.2 Å². The second-order valence-electron chi connectivity index (χ2n) is 4.07. The third-order valence-corrected chi connectivity index (χ3v) is 3.66. The first-order valence-corrected chi connectivity index (χ1v) is 7.14. The van der Waals surface area contributed by atoms with Crippen molar-refractivity contribution in [3.8, 4) is 0 Å². The zero-order valence-electron chi connectivity index (χ0n) is 9.91. The van der Waals surface area contributed by atoms with Crippen molar-refractivity contribution < 1.29 is 9.50 Å². The number of aliphatic hydroxyl groups excluding tert-OH is 1. The molecule has 100 valence electrons. The highest BCUT2D eigenvalue weighted by Crippen LogP contribution is 2.24. The second kappa shape index (κ2) is 6.54. The van der Waals surface area contributed by atoms with Crippen LogP contribution < -0.4 is 5.32 Å². The molecule has 1 unspecified atom stereocenters. The molecule has 0 aliphatic heterocycles. The maximum Gasteiger partial charge on any atom is 0.123 e. The van der Waals surface area contributed by atoms with Crippen molar-refractivity contribution in [2.45, 2.75) is 6.10 Å². The summed E-state index contributed by atoms with van der Waals surface area (Å²) in [5.41, 5.74) is 1.43. The summed E-state index contributed by atoms with van der Waals surface area (Å²) in [5, 5.41) is 13.7. The number of hydrogen-bond acceptors (Lipinski definition) is 2. The highest BCUT2D eigenvalue weighted by atomic mass is 127. The Hall–Kier alpha value is -0.850. The van der Waals surface area contributed by atoms with E-state index in [0.29, 0.717) is 17.1 Å². The van der Waals surface area contributed by atoms with Crippen LogP contribution in [-0.4, -0.2) is 11.7 Å². The zero-order valence-corrected chi connectivity index (χ0v) is 12.8. The third kappa shape index (κ3) is 4.06. The average molecular weight is 392 g/mol. The van der Waals surface area contributed by atoms with Crippen molar-refractivity contribution in [3.05, 3.63) is 62.4 Å². The van der Waals surface area contributed by atoms with E-state index >= 15 is 0 Å². The van der Waals surface area contributed by atoms with Crippen molar-refractivity contribution in [1.82, 2.24) is 0 Å². The zero-order chi connectivity index (χ0) is 13.8. The van der Waals surface area contributed by atoms with E-state index in [4.69, 9.17) is 11.6 Å². The second-order valence-corrected chi connectivity index (χ2v) is 5.73. The molecule has 2 N–H and O–H groups in total. The molecule has 0 aromatic heterocycles. The van der Waals surface area contributed by atoms with Gasteiger partial charge in [-0.1, -0.05) is 23.7 Å². The molecule has 0 saturated carbocycles. The molecule has 5 heteroatoms. The van der Waals surface area contributed by atoms with E-state index < -0.39 is 6.10 Å². The Labute approximate surface area is 129 Å². The summed E-state index contributed by atoms with van der Waals surface area (Å²) in [6.45, 7) is 0.311. The van der Waals surface area contributed by atoms with Crippen LogP contribution >= 0.6 is 34.2 Å². The van der Waals surface area contributed by atoms with Crippen LogP contribution in [0, 0.1) is 9.39 Å². The van der Waals surface area contributed by atoms with Crippen molar-refractivity contribution in [1.29, 1.82) is 0 Å². The largest absolute Gasteiger partial charge is 0.387 e. The van der Waals surface area contributed by atoms with E-state index in [1.54, 1.807) is 12.1 Å². The number of nitrogens with one attached hydrogen (secondary N) is 1. The highest BCUT2D eigenvalue weighted by Gasteiger charge is 2.08. The Morgan fingerprint density at radius 2 is 1.89 bits per heavy atom. The van der Waals surface area contributed by atoms with Crippen LogP contribution in [0.1, 0.15) is 11.7 Å². The molecule has 2 aromatic rings. The van der Waals surface area contributed by atoms with Gasteiger partial charge in [-0.3, -0.25) is 0 Å². The number of benzene rings is 2. The summed E-state index contributed by atoms with van der Waals surface area (Å²) in [5.74, 6) is -0.315. The number of hydrogen-bond donors (Lipinski definition) is 2. The van der Waals surface area contributed by atoms with Gasteiger partial charge in [-0.2, -0.15) is 0 Å². The predicted octanol–water partition coefficient (Wildman–Crippen LogP) is 4.23. The minimum Gasteiger partial charge on any atom is -0.387 e. The fourth-order valence-corrected chi connectivity index (χ4v) is 2.56. The van der Waals surface area contributed by atoms with E-state index in [2.05, 4.69) is 27.9 Å². The molecular weight excluding hydrogens is 380 g/mol. The van der Waals surface area contributed by atoms with Crippen LogP contribution in [0.15, 0.2) is 42.5 Å². The molecule has 2 aromatic carbocycles. The average Bonchev–Trinajstić information content (AvgIpc) is 2.38. The van der Waals surface area contributed by atoms with Gasteiger partial charge in [-0.25, -0.2) is 4.39 Å². The summed E-state index contributed by atoms with van der Waals surface area (Å²) in [7, 11) is 0. The molecule has 19 heavy (non-hydrogen) atoms. The molecule has 0 aliphatic rings. The van der Waals surface area contributed by atoms with Gasteiger partial charge in [0, 0.05) is 10.1 Å². The van der Waals surface area contributed by atoms with Gasteiger partial charge >= 0.3 is 0 Å². The molecule has 0 aliphatic carbocycles. The first kappa shape index (κ1) is 14.6. The molecular formula is C14H12ClFINO. The van der Waals surface area contributed by atoms with Crippen LogP contribution in [0.5, 0.6) is 0 Å². The quantitative estimate of drug-likeness (QED) is 0.765. The Morgan fingerprint density at radius 1 is 1.21 bits per heavy atom. The van der Waals surface area contributed by atoms with E-state index in [9.17, 15) is 9.50 Å². The summed E-state index contributed by atoms with van der Waals surface area (Å²) >= 11 is 8.26. The number of aliphatic hydroxyl groups is 1. The molecule has 0 radical (unpaired) electrons. The molecule has 2 rings (SSSR count). The van der Waals surface area contributed by atoms with Gasteiger partial charge in [0.05, 0.1) is 16.8 Å². The maximum absolute atomic E-state index is 12.8. The van der Waals surface area contributed by atoms with Gasteiger partial charge in [0.1, 0.15) is 5.82 Å². The fraction of sp³-hybridized carbons (Fsp3) is 0.143. The lowest BCUT2D eigenvalue weighted by Gasteiger charge is -2.14. The molecule has 0 amide bonds. The summed E-state index contributed by atoms with van der Waals surface area (Å²) in [6, 6.07) is 11.4. The Balaban J connectivity index is 2.00. The van der Waals surface area contributed by atoms with Crippen molar-refractivity contribution in [2.75, 3.05) is 11.9 Å². The summed E-state index contributed by atoms with van der Waals surface area (Å²) in [4.78, 5) is 0. The monoisotopic (exact) mass is 391 g/mol. The van der Waals surface area contributed by atoms with Crippen molar-refractivity contribution in [3.63, 3.8) is 0 Å². The van der Waals surface area contributed by atoms with Gasteiger partial charge in [0.2, 0.25) is 0 Å². The molecule has 1 atom stereocenters. The van der Waals surface area contributed by atoms with Gasteiger partial charge in [0.25, 0.3) is 0 Å². The normalized spacial score (nSPS) is 12.2. The van der Waals surface area contributed by atoms with Gasteiger partial charge in [0.15, 0.2) is 0 Å². The van der Waals surface area contributed by atoms with Crippen LogP contribution in [0.2, 0.25) is 5.02 Å². The van der Waals surface area contributed by atoms with Gasteiger partial charge < -0.3 is 10.4 Å². The van der Waals surface area contributed by atoms with Gasteiger partial charge in [-0.15, -0.1) is 0 Å². The number of halogens is 3. The molecule has 0 fully saturated rings. The van der Waals surface area contributed by atoms with Crippen LogP contribution in [0.25, 0.3) is 0 Å². The Kier molecular flexibility index (Phi) is 5.01. The van der Waals surface area contributed by atoms with Crippen LogP contribution in [-0.2, 0) is 0 Å². The first-order chi connectivity index (χ1) is 9.06. The predicted molar refractivity (Wildman–Crippen MR) is 84.0 cm³/mol. The Bertz CT molecular complexity index is 562. The topological polar surface area (TPSA) is 32.3 Å². The van der Waals surface area contributed by atoms with E-state index in [1.165, 1.54) is 12.1 Å². The smallest absolute Gasteiger partial charge is 0.123 e. The van der Waals surface area contributed by atoms with E-state index in [0.717, 1.165) is 9.26 Å². The molecule has 0 bridgehead atoms. The maximum atomic E-state index is 12.8. The van der Waals surface area contributed by atoms with Crippen molar-refractivity contribution in [2.24, 2.45) is 0 Å². The van der Waals surface area contributed by atoms with Crippen LogP contribution in [0.3, 0.4) is 0 Å². The van der Waals surface area contributed by atoms with Crippen LogP contribution in [0.4, 0.5) is 10.1 Å². The lowest BCUT2D eigenvalue weighted by Crippen LogP contribution is -2.12. The standard InChI is InChI=1S/C14H12ClFINO/c15-12-7-11(17)5-6-13(12)18-8-14(19)9-1-3-10(16)4-2-9/h1-7,14,18-19H,8H2. The number of rotatable bonds is 4. The molecule has 0 saturated heterocycles. The molecule has 2 nitrogen and oxygen atoms in total. The van der Waals surface area contributed by atoms with E-state index in [-0.39, 0.29) is 5.82 Å². The molecule has 0 spiro atoms. The first-order valence-electron chi connectivity index (χ1n) is 5.69.